The first-order valence-electron chi connectivity index (χ1n) is 11.3. The van der Waals surface area contributed by atoms with Gasteiger partial charge in [0, 0.05) is 23.2 Å². The Morgan fingerprint density at radius 3 is 2.44 bits per heavy atom. The van der Waals surface area contributed by atoms with E-state index in [0.717, 1.165) is 12.1 Å². The van der Waals surface area contributed by atoms with E-state index in [0.29, 0.717) is 12.1 Å². The molecule has 0 bridgehead atoms. The molecule has 0 aliphatic carbocycles. The van der Waals surface area contributed by atoms with Crippen molar-refractivity contribution in [3.8, 4) is 5.75 Å². The highest BCUT2D eigenvalue weighted by molar-refractivity contribution is 6.34. The van der Waals surface area contributed by atoms with Crippen LogP contribution in [0.3, 0.4) is 0 Å². The SMILES string of the molecule is O=C(C1=C(c2c(O)c3ccccc3oc2=O)C(O)(c2ccccc2)N2CCN=C12)c1ccc(F)cc1. The van der Waals surface area contributed by atoms with E-state index in [-0.39, 0.29) is 45.6 Å². The number of ketones is 1. The molecule has 6 rings (SSSR count). The van der Waals surface area contributed by atoms with E-state index in [1.807, 2.05) is 0 Å². The van der Waals surface area contributed by atoms with Gasteiger partial charge >= 0.3 is 5.63 Å². The average molecular weight is 482 g/mol. The molecule has 36 heavy (non-hydrogen) atoms. The Balaban J connectivity index is 1.73. The Labute approximate surface area is 204 Å². The zero-order valence-corrected chi connectivity index (χ0v) is 18.8. The molecule has 0 spiro atoms. The van der Waals surface area contributed by atoms with Crippen molar-refractivity contribution < 1.29 is 23.8 Å². The Kier molecular flexibility index (Phi) is 4.87. The average Bonchev–Trinajstić information content (AvgIpc) is 3.46. The van der Waals surface area contributed by atoms with Crippen LogP contribution in [0.1, 0.15) is 21.5 Å². The number of aromatic hydroxyl groups is 1. The van der Waals surface area contributed by atoms with E-state index < -0.39 is 28.7 Å². The number of carbonyl (C=O) groups is 1. The highest BCUT2D eigenvalue weighted by Crippen LogP contribution is 2.51. The van der Waals surface area contributed by atoms with Gasteiger partial charge in [0.25, 0.3) is 0 Å². The highest BCUT2D eigenvalue weighted by atomic mass is 19.1. The molecule has 8 heteroatoms. The Morgan fingerprint density at radius 1 is 1.00 bits per heavy atom. The second-order valence-corrected chi connectivity index (χ2v) is 8.59. The van der Waals surface area contributed by atoms with Crippen LogP contribution in [0.15, 0.2) is 98.6 Å². The number of hydrogen-bond donors (Lipinski definition) is 2. The van der Waals surface area contributed by atoms with Gasteiger partial charge in [0.2, 0.25) is 0 Å². The molecule has 2 aliphatic rings. The van der Waals surface area contributed by atoms with E-state index >= 15 is 0 Å². The molecule has 2 N–H and O–H groups in total. The summed E-state index contributed by atoms with van der Waals surface area (Å²) in [5.74, 6) is -1.31. The molecule has 1 atom stereocenters. The number of para-hydroxylation sites is 1. The van der Waals surface area contributed by atoms with Crippen LogP contribution in [0.2, 0.25) is 0 Å². The molecule has 2 aliphatic heterocycles. The zero-order chi connectivity index (χ0) is 25.0. The van der Waals surface area contributed by atoms with Crippen molar-refractivity contribution in [2.75, 3.05) is 13.1 Å². The normalized spacial score (nSPS) is 19.1. The molecule has 178 valence electrons. The lowest BCUT2D eigenvalue weighted by atomic mass is 9.86. The summed E-state index contributed by atoms with van der Waals surface area (Å²) in [6.45, 7) is 0.584. The van der Waals surface area contributed by atoms with Gasteiger partial charge in [-0.1, -0.05) is 42.5 Å². The Bertz CT molecular complexity index is 1660. The van der Waals surface area contributed by atoms with Gasteiger partial charge in [-0.3, -0.25) is 9.79 Å². The quantitative estimate of drug-likeness (QED) is 0.338. The van der Waals surface area contributed by atoms with Crippen molar-refractivity contribution >= 4 is 28.2 Å². The number of halogens is 1. The van der Waals surface area contributed by atoms with Crippen LogP contribution in [0, 0.1) is 5.82 Å². The van der Waals surface area contributed by atoms with Crippen molar-refractivity contribution in [1.82, 2.24) is 4.90 Å². The monoisotopic (exact) mass is 482 g/mol. The van der Waals surface area contributed by atoms with Gasteiger partial charge in [-0.2, -0.15) is 0 Å². The first-order chi connectivity index (χ1) is 17.4. The molecule has 1 aromatic heterocycles. The number of amidine groups is 1. The minimum absolute atomic E-state index is 0.0525. The molecule has 0 amide bonds. The molecule has 3 aromatic carbocycles. The van der Waals surface area contributed by atoms with Gasteiger partial charge in [-0.15, -0.1) is 0 Å². The minimum atomic E-state index is -2.00. The number of aliphatic hydroxyl groups is 1. The summed E-state index contributed by atoms with van der Waals surface area (Å²) in [6, 6.07) is 20.0. The predicted molar refractivity (Wildman–Crippen MR) is 131 cm³/mol. The van der Waals surface area contributed by atoms with E-state index in [4.69, 9.17) is 4.42 Å². The van der Waals surface area contributed by atoms with E-state index in [1.165, 1.54) is 12.1 Å². The van der Waals surface area contributed by atoms with E-state index in [2.05, 4.69) is 4.99 Å². The van der Waals surface area contributed by atoms with Gasteiger partial charge in [-0.25, -0.2) is 9.18 Å². The van der Waals surface area contributed by atoms with E-state index in [1.54, 1.807) is 59.5 Å². The van der Waals surface area contributed by atoms with Gasteiger partial charge in [-0.05, 0) is 36.4 Å². The fraction of sp³-hybridized carbons (Fsp3) is 0.107. The lowest BCUT2D eigenvalue weighted by Crippen LogP contribution is -2.44. The molecule has 4 aromatic rings. The largest absolute Gasteiger partial charge is 0.506 e. The third kappa shape index (κ3) is 3.04. The maximum Gasteiger partial charge on any atom is 0.347 e. The number of aliphatic imine (C=N–C) groups is 1. The number of rotatable bonds is 4. The van der Waals surface area contributed by atoms with Crippen molar-refractivity contribution in [3.63, 3.8) is 0 Å². The number of benzene rings is 3. The Hall–Kier alpha value is -4.56. The molecule has 1 unspecified atom stereocenters. The molecule has 0 saturated carbocycles. The molecule has 7 nitrogen and oxygen atoms in total. The maximum atomic E-state index is 13.9. The molecule has 0 saturated heterocycles. The molecular weight excluding hydrogens is 463 g/mol. The van der Waals surface area contributed by atoms with Crippen LogP contribution in [0.25, 0.3) is 16.5 Å². The van der Waals surface area contributed by atoms with Crippen molar-refractivity contribution in [2.24, 2.45) is 4.99 Å². The van der Waals surface area contributed by atoms with Crippen LogP contribution in [0.4, 0.5) is 4.39 Å². The minimum Gasteiger partial charge on any atom is -0.506 e. The summed E-state index contributed by atoms with van der Waals surface area (Å²) in [7, 11) is 0. The molecule has 3 heterocycles. The lowest BCUT2D eigenvalue weighted by Gasteiger charge is -2.35. The standard InChI is InChI=1S/C28H19FN2O5/c29-18-12-10-16(11-13-18)24(32)21-23(22-25(33)19-8-4-5-9-20(19)36-27(22)34)28(35,17-6-2-1-3-7-17)31-15-14-30-26(21)31/h1-13,33,35H,14-15H2. The summed E-state index contributed by atoms with van der Waals surface area (Å²) in [6.07, 6.45) is 0. The number of Topliss-reactive ketones (excluding diaryl/α,β-unsaturated/α-hetero) is 1. The van der Waals surface area contributed by atoms with Crippen LogP contribution < -0.4 is 5.63 Å². The first-order valence-corrected chi connectivity index (χ1v) is 11.3. The molecular formula is C28H19FN2O5. The fourth-order valence-electron chi connectivity index (χ4n) is 4.98. The topological polar surface area (TPSA) is 103 Å². The first kappa shape index (κ1) is 21.9. The van der Waals surface area contributed by atoms with Crippen LogP contribution >= 0.6 is 0 Å². The number of carbonyl (C=O) groups excluding carboxylic acids is 1. The summed E-state index contributed by atoms with van der Waals surface area (Å²) in [5, 5.41) is 23.9. The summed E-state index contributed by atoms with van der Waals surface area (Å²) < 4.78 is 19.1. The van der Waals surface area contributed by atoms with Crippen molar-refractivity contribution in [3.05, 3.63) is 117 Å². The second kappa shape index (κ2) is 8.00. The number of nitrogens with zero attached hydrogens (tertiary/aromatic N) is 2. The molecule has 0 fully saturated rings. The summed E-state index contributed by atoms with van der Waals surface area (Å²) in [5.41, 5.74) is -2.75. The number of fused-ring (bicyclic) bond motifs is 2. The third-order valence-corrected chi connectivity index (χ3v) is 6.60. The fourth-order valence-corrected chi connectivity index (χ4v) is 4.98. The highest BCUT2D eigenvalue weighted by Gasteiger charge is 2.55. The van der Waals surface area contributed by atoms with Gasteiger partial charge < -0.3 is 19.5 Å². The van der Waals surface area contributed by atoms with Crippen molar-refractivity contribution in [2.45, 2.75) is 5.72 Å². The smallest absolute Gasteiger partial charge is 0.347 e. The van der Waals surface area contributed by atoms with Gasteiger partial charge in [0.15, 0.2) is 11.5 Å². The number of hydrogen-bond acceptors (Lipinski definition) is 7. The van der Waals surface area contributed by atoms with Crippen LogP contribution in [0.5, 0.6) is 5.75 Å². The van der Waals surface area contributed by atoms with E-state index in [9.17, 15) is 24.2 Å². The van der Waals surface area contributed by atoms with Crippen LogP contribution in [-0.2, 0) is 5.72 Å². The third-order valence-electron chi connectivity index (χ3n) is 6.60. The van der Waals surface area contributed by atoms with Gasteiger partial charge in [0.05, 0.1) is 17.5 Å². The lowest BCUT2D eigenvalue weighted by molar-refractivity contribution is -0.00866. The maximum absolute atomic E-state index is 13.9. The van der Waals surface area contributed by atoms with Gasteiger partial charge in [0.1, 0.15) is 28.5 Å². The Morgan fingerprint density at radius 2 is 1.69 bits per heavy atom. The zero-order valence-electron chi connectivity index (χ0n) is 18.8. The molecule has 0 radical (unpaired) electrons. The summed E-state index contributed by atoms with van der Waals surface area (Å²) >= 11 is 0. The van der Waals surface area contributed by atoms with Crippen molar-refractivity contribution in [1.29, 1.82) is 0 Å². The van der Waals surface area contributed by atoms with Crippen LogP contribution in [-0.4, -0.2) is 39.8 Å². The second-order valence-electron chi connectivity index (χ2n) is 8.59. The summed E-state index contributed by atoms with van der Waals surface area (Å²) in [4.78, 5) is 33.2. The predicted octanol–water partition coefficient (Wildman–Crippen LogP) is 3.85.